The van der Waals surface area contributed by atoms with Crippen LogP contribution in [0.2, 0.25) is 0 Å². The highest BCUT2D eigenvalue weighted by atomic mass is 16.2. The fourth-order valence-electron chi connectivity index (χ4n) is 4.07. The normalized spacial score (nSPS) is 24.6. The maximum Gasteiger partial charge on any atom is 0.225 e. The van der Waals surface area contributed by atoms with Crippen LogP contribution in [0.15, 0.2) is 30.3 Å². The zero-order valence-electron chi connectivity index (χ0n) is 15.1. The van der Waals surface area contributed by atoms with E-state index in [0.29, 0.717) is 32.6 Å². The van der Waals surface area contributed by atoms with Crippen LogP contribution in [-0.2, 0) is 9.59 Å². The molecule has 2 heterocycles. The molecule has 2 N–H and O–H groups in total. The van der Waals surface area contributed by atoms with Crippen molar-refractivity contribution in [3.05, 3.63) is 35.9 Å². The van der Waals surface area contributed by atoms with Crippen molar-refractivity contribution < 1.29 is 9.59 Å². The maximum absolute atomic E-state index is 12.9. The lowest BCUT2D eigenvalue weighted by Gasteiger charge is -2.33. The van der Waals surface area contributed by atoms with Crippen LogP contribution in [0, 0.1) is 5.92 Å². The van der Waals surface area contributed by atoms with Gasteiger partial charge in [-0.1, -0.05) is 37.3 Å². The summed E-state index contributed by atoms with van der Waals surface area (Å²) in [6.07, 6.45) is 3.04. The Labute approximate surface area is 150 Å². The Morgan fingerprint density at radius 2 is 1.76 bits per heavy atom. The molecule has 1 aromatic rings. The summed E-state index contributed by atoms with van der Waals surface area (Å²) in [5.41, 5.74) is 7.53. The molecule has 2 saturated heterocycles. The lowest BCUT2D eigenvalue weighted by Crippen LogP contribution is -2.44. The number of likely N-dealkylation sites (tertiary alicyclic amines) is 2. The van der Waals surface area contributed by atoms with E-state index in [9.17, 15) is 9.59 Å². The topological polar surface area (TPSA) is 66.6 Å². The molecule has 25 heavy (non-hydrogen) atoms. The van der Waals surface area contributed by atoms with E-state index in [1.165, 1.54) is 5.56 Å². The van der Waals surface area contributed by atoms with Gasteiger partial charge in [0.25, 0.3) is 0 Å². The van der Waals surface area contributed by atoms with Gasteiger partial charge in [0.15, 0.2) is 0 Å². The Kier molecular flexibility index (Phi) is 5.74. The van der Waals surface area contributed by atoms with E-state index in [0.717, 1.165) is 19.3 Å². The Bertz CT molecular complexity index is 596. The van der Waals surface area contributed by atoms with Gasteiger partial charge in [-0.25, -0.2) is 0 Å². The van der Waals surface area contributed by atoms with Gasteiger partial charge in [0.05, 0.1) is 0 Å². The quantitative estimate of drug-likeness (QED) is 0.909. The van der Waals surface area contributed by atoms with Gasteiger partial charge in [-0.2, -0.15) is 0 Å². The van der Waals surface area contributed by atoms with E-state index >= 15 is 0 Å². The van der Waals surface area contributed by atoms with Crippen molar-refractivity contribution in [2.75, 3.05) is 26.2 Å². The molecule has 5 heteroatoms. The van der Waals surface area contributed by atoms with Crippen molar-refractivity contribution in [2.24, 2.45) is 11.7 Å². The van der Waals surface area contributed by atoms with Crippen LogP contribution < -0.4 is 5.73 Å². The highest BCUT2D eigenvalue weighted by Crippen LogP contribution is 2.29. The monoisotopic (exact) mass is 343 g/mol. The highest BCUT2D eigenvalue weighted by Gasteiger charge is 2.37. The molecular weight excluding hydrogens is 314 g/mol. The molecule has 0 bridgehead atoms. The van der Waals surface area contributed by atoms with Gasteiger partial charge in [0, 0.05) is 50.5 Å². The zero-order chi connectivity index (χ0) is 17.8. The van der Waals surface area contributed by atoms with Crippen LogP contribution >= 0.6 is 0 Å². The van der Waals surface area contributed by atoms with E-state index in [-0.39, 0.29) is 29.7 Å². The summed E-state index contributed by atoms with van der Waals surface area (Å²) >= 11 is 0. The number of nitrogens with two attached hydrogens (primary N) is 1. The van der Waals surface area contributed by atoms with E-state index in [1.807, 2.05) is 34.9 Å². The minimum atomic E-state index is -0.00225. The predicted molar refractivity (Wildman–Crippen MR) is 98.0 cm³/mol. The van der Waals surface area contributed by atoms with E-state index in [4.69, 9.17) is 5.73 Å². The minimum Gasteiger partial charge on any atom is -0.343 e. The molecule has 2 aliphatic rings. The number of carbonyl (C=O) groups excluding carboxylic acids is 2. The molecule has 1 aromatic carbocycles. The number of nitrogens with zero attached hydrogens (tertiary/aromatic N) is 2. The summed E-state index contributed by atoms with van der Waals surface area (Å²) in [7, 11) is 0. The second-order valence-electron chi connectivity index (χ2n) is 7.33. The van der Waals surface area contributed by atoms with E-state index in [1.54, 1.807) is 0 Å². The highest BCUT2D eigenvalue weighted by molar-refractivity contribution is 5.80. The Balaban J connectivity index is 1.55. The number of hydrogen-bond donors (Lipinski definition) is 1. The molecule has 0 unspecified atom stereocenters. The van der Waals surface area contributed by atoms with Gasteiger partial charge in [0.2, 0.25) is 11.8 Å². The summed E-state index contributed by atoms with van der Waals surface area (Å²) in [5.74, 6) is 0.695. The number of hydrogen-bond acceptors (Lipinski definition) is 3. The van der Waals surface area contributed by atoms with Crippen molar-refractivity contribution in [3.63, 3.8) is 0 Å². The molecule has 2 fully saturated rings. The van der Waals surface area contributed by atoms with Crippen LogP contribution in [0.1, 0.15) is 44.1 Å². The number of amides is 2. The molecule has 0 saturated carbocycles. The van der Waals surface area contributed by atoms with E-state index < -0.39 is 0 Å². The maximum atomic E-state index is 12.9. The number of benzene rings is 1. The molecule has 0 radical (unpaired) electrons. The second kappa shape index (κ2) is 8.00. The first-order valence-electron chi connectivity index (χ1n) is 9.47. The number of rotatable bonds is 4. The summed E-state index contributed by atoms with van der Waals surface area (Å²) < 4.78 is 0. The zero-order valence-corrected chi connectivity index (χ0v) is 15.1. The lowest BCUT2D eigenvalue weighted by atomic mass is 9.94. The average Bonchev–Trinajstić information content (AvgIpc) is 3.04. The van der Waals surface area contributed by atoms with Crippen molar-refractivity contribution in [1.29, 1.82) is 0 Å². The molecule has 0 aliphatic carbocycles. The van der Waals surface area contributed by atoms with Crippen LogP contribution in [0.5, 0.6) is 0 Å². The molecule has 0 spiro atoms. The van der Waals surface area contributed by atoms with Crippen LogP contribution in [0.25, 0.3) is 0 Å². The first kappa shape index (κ1) is 17.9. The first-order chi connectivity index (χ1) is 12.1. The summed E-state index contributed by atoms with van der Waals surface area (Å²) in [6.45, 7) is 4.77. The van der Waals surface area contributed by atoms with Crippen molar-refractivity contribution in [2.45, 2.75) is 44.6 Å². The number of carbonyl (C=O) groups is 2. The molecule has 5 nitrogen and oxygen atoms in total. The molecule has 2 aliphatic heterocycles. The third-order valence-electron chi connectivity index (χ3n) is 5.57. The lowest BCUT2D eigenvalue weighted by molar-refractivity contribution is -0.140. The van der Waals surface area contributed by atoms with E-state index in [2.05, 4.69) is 12.1 Å². The van der Waals surface area contributed by atoms with Gasteiger partial charge < -0.3 is 15.5 Å². The van der Waals surface area contributed by atoms with Gasteiger partial charge in [0.1, 0.15) is 0 Å². The molecule has 3 rings (SSSR count). The predicted octanol–water partition coefficient (Wildman–Crippen LogP) is 1.98. The third-order valence-corrected chi connectivity index (χ3v) is 5.57. The Morgan fingerprint density at radius 1 is 1.08 bits per heavy atom. The Morgan fingerprint density at radius 3 is 2.40 bits per heavy atom. The van der Waals surface area contributed by atoms with Crippen molar-refractivity contribution in [1.82, 2.24) is 9.80 Å². The Hall–Kier alpha value is -1.88. The third kappa shape index (κ3) is 4.03. The SMILES string of the molecule is CCCC(=O)N1CCC(C(=O)N2C[C@@H](N)[C@H](c3ccccc3)C2)CC1. The van der Waals surface area contributed by atoms with Crippen LogP contribution in [0.4, 0.5) is 0 Å². The fourth-order valence-corrected chi connectivity index (χ4v) is 4.07. The van der Waals surface area contributed by atoms with Gasteiger partial charge >= 0.3 is 0 Å². The van der Waals surface area contributed by atoms with Crippen LogP contribution in [-0.4, -0.2) is 53.8 Å². The largest absolute Gasteiger partial charge is 0.343 e. The second-order valence-corrected chi connectivity index (χ2v) is 7.33. The smallest absolute Gasteiger partial charge is 0.225 e. The standard InChI is InChI=1S/C20H29N3O2/c1-2-6-19(24)22-11-9-16(10-12-22)20(25)23-13-17(18(21)14-23)15-7-4-3-5-8-15/h3-5,7-8,16-18H,2,6,9-14,21H2,1H3/t17-,18+/m0/s1. The van der Waals surface area contributed by atoms with Gasteiger partial charge in [-0.3, -0.25) is 9.59 Å². The summed E-state index contributed by atoms with van der Waals surface area (Å²) in [4.78, 5) is 28.7. The van der Waals surface area contributed by atoms with Gasteiger partial charge in [-0.05, 0) is 24.8 Å². The molecular formula is C20H29N3O2. The fraction of sp³-hybridized carbons (Fsp3) is 0.600. The van der Waals surface area contributed by atoms with Crippen molar-refractivity contribution in [3.8, 4) is 0 Å². The molecule has 136 valence electrons. The molecule has 2 amide bonds. The minimum absolute atomic E-state index is 0.00225. The summed E-state index contributed by atoms with van der Waals surface area (Å²) in [6, 6.07) is 10.2. The van der Waals surface area contributed by atoms with Crippen LogP contribution in [0.3, 0.4) is 0 Å². The summed E-state index contributed by atoms with van der Waals surface area (Å²) in [5, 5.41) is 0. The first-order valence-corrected chi connectivity index (χ1v) is 9.47. The average molecular weight is 343 g/mol. The number of piperidine rings is 1. The van der Waals surface area contributed by atoms with Crippen molar-refractivity contribution >= 4 is 11.8 Å². The molecule has 2 atom stereocenters. The van der Waals surface area contributed by atoms with Gasteiger partial charge in [-0.15, -0.1) is 0 Å². The molecule has 0 aromatic heterocycles.